The van der Waals surface area contributed by atoms with Crippen molar-refractivity contribution in [2.24, 2.45) is 0 Å². The van der Waals surface area contributed by atoms with E-state index in [2.05, 4.69) is 23.7 Å². The molecule has 1 aromatic carbocycles. The molecule has 148 valence electrons. The maximum Gasteiger partial charge on any atom is 0.299 e. The Morgan fingerprint density at radius 2 is 1.93 bits per heavy atom. The lowest BCUT2D eigenvalue weighted by Crippen LogP contribution is -2.30. The summed E-state index contributed by atoms with van der Waals surface area (Å²) in [5, 5.41) is 22.9. The predicted molar refractivity (Wildman–Crippen MR) is 106 cm³/mol. The van der Waals surface area contributed by atoms with Crippen molar-refractivity contribution in [3.63, 3.8) is 0 Å². The second-order valence-electron chi connectivity index (χ2n) is 6.72. The highest BCUT2D eigenvalue weighted by atomic mass is 16.6. The molecule has 0 bridgehead atoms. The van der Waals surface area contributed by atoms with E-state index in [9.17, 15) is 15.2 Å². The summed E-state index contributed by atoms with van der Waals surface area (Å²) in [6, 6.07) is 4.80. The fraction of sp³-hybridized carbons (Fsp3) is 0.550. The van der Waals surface area contributed by atoms with Crippen molar-refractivity contribution in [3.8, 4) is 5.75 Å². The summed E-state index contributed by atoms with van der Waals surface area (Å²) < 4.78 is 5.21. The number of ether oxygens (including phenoxy) is 1. The van der Waals surface area contributed by atoms with Gasteiger partial charge in [0, 0.05) is 18.1 Å². The summed E-state index contributed by atoms with van der Waals surface area (Å²) >= 11 is 0. The highest BCUT2D eigenvalue weighted by Gasteiger charge is 2.21. The van der Waals surface area contributed by atoms with Crippen LogP contribution in [0.15, 0.2) is 24.4 Å². The molecule has 0 aliphatic heterocycles. The fourth-order valence-corrected chi connectivity index (χ4v) is 3.18. The molecular weight excluding hydrogens is 346 g/mol. The molecule has 1 aromatic heterocycles. The zero-order valence-electron chi connectivity index (χ0n) is 16.4. The summed E-state index contributed by atoms with van der Waals surface area (Å²) in [5.74, 6) is 0.379. The molecule has 0 aliphatic rings. The number of hydrogen-bond donors (Lipinski definition) is 1. The van der Waals surface area contributed by atoms with Gasteiger partial charge in [0.1, 0.15) is 11.3 Å². The summed E-state index contributed by atoms with van der Waals surface area (Å²) in [4.78, 5) is 17.4. The molecule has 0 aliphatic carbocycles. The van der Waals surface area contributed by atoms with Crippen LogP contribution in [0.5, 0.6) is 5.75 Å². The van der Waals surface area contributed by atoms with Crippen LogP contribution in [-0.4, -0.2) is 46.7 Å². The van der Waals surface area contributed by atoms with Gasteiger partial charge >= 0.3 is 0 Å². The number of nitrogens with zero attached hydrogens (tertiary/aromatic N) is 3. The number of nitro groups is 1. The molecule has 2 rings (SSSR count). The number of nitro benzene ring substituents is 1. The van der Waals surface area contributed by atoms with Crippen LogP contribution in [-0.2, 0) is 0 Å². The van der Waals surface area contributed by atoms with Gasteiger partial charge in [0.2, 0.25) is 0 Å². The molecule has 0 saturated heterocycles. The van der Waals surface area contributed by atoms with Gasteiger partial charge in [-0.2, -0.15) is 0 Å². The monoisotopic (exact) mass is 375 g/mol. The second-order valence-corrected chi connectivity index (χ2v) is 6.72. The molecule has 0 spiro atoms. The van der Waals surface area contributed by atoms with Gasteiger partial charge in [0.25, 0.3) is 5.69 Å². The van der Waals surface area contributed by atoms with E-state index in [4.69, 9.17) is 4.74 Å². The van der Waals surface area contributed by atoms with Crippen LogP contribution in [0.4, 0.5) is 5.69 Å². The predicted octanol–water partition coefficient (Wildman–Crippen LogP) is 4.09. The molecule has 0 radical (unpaired) electrons. The van der Waals surface area contributed by atoms with E-state index in [1.54, 1.807) is 12.1 Å². The molecule has 0 amide bonds. The molecule has 1 N–H and O–H groups in total. The van der Waals surface area contributed by atoms with Crippen molar-refractivity contribution in [2.45, 2.75) is 45.6 Å². The third kappa shape index (κ3) is 5.37. The Morgan fingerprint density at radius 1 is 1.26 bits per heavy atom. The number of benzene rings is 1. The number of aliphatic hydroxyl groups excluding tert-OH is 1. The van der Waals surface area contributed by atoms with Crippen LogP contribution in [0.25, 0.3) is 10.9 Å². The van der Waals surface area contributed by atoms with Crippen molar-refractivity contribution in [3.05, 3.63) is 40.1 Å². The van der Waals surface area contributed by atoms with Crippen molar-refractivity contribution in [1.82, 2.24) is 9.88 Å². The Morgan fingerprint density at radius 3 is 2.48 bits per heavy atom. The van der Waals surface area contributed by atoms with E-state index in [1.807, 2.05) is 0 Å². The average Bonchev–Trinajstić information content (AvgIpc) is 2.68. The molecule has 7 nitrogen and oxygen atoms in total. The molecule has 0 fully saturated rings. The van der Waals surface area contributed by atoms with Crippen LogP contribution in [0.1, 0.15) is 51.2 Å². The first-order valence-corrected chi connectivity index (χ1v) is 9.53. The SMILES string of the molecule is CCCCN(CCCC)CC(O)c1ccnc2c([N+](=O)[O-])cc(OC)cc12. The van der Waals surface area contributed by atoms with Crippen LogP contribution in [0.2, 0.25) is 0 Å². The van der Waals surface area contributed by atoms with E-state index in [1.165, 1.54) is 19.4 Å². The number of hydrogen-bond acceptors (Lipinski definition) is 6. The van der Waals surface area contributed by atoms with Gasteiger partial charge in [-0.3, -0.25) is 10.1 Å². The first-order valence-electron chi connectivity index (χ1n) is 9.53. The fourth-order valence-electron chi connectivity index (χ4n) is 3.18. The van der Waals surface area contributed by atoms with Crippen molar-refractivity contribution < 1.29 is 14.8 Å². The van der Waals surface area contributed by atoms with Crippen LogP contribution in [0, 0.1) is 10.1 Å². The summed E-state index contributed by atoms with van der Waals surface area (Å²) in [5.41, 5.74) is 0.790. The first kappa shape index (κ1) is 21.1. The van der Waals surface area contributed by atoms with E-state index in [0.717, 1.165) is 38.8 Å². The summed E-state index contributed by atoms with van der Waals surface area (Å²) in [6.07, 6.45) is 5.11. The highest BCUT2D eigenvalue weighted by Crippen LogP contribution is 2.33. The standard InChI is InChI=1S/C20H29N3O4/c1-4-6-10-22(11-7-5-2)14-19(24)16-8-9-21-20-17(16)12-15(27-3)13-18(20)23(25)26/h8-9,12-13,19,24H,4-7,10-11,14H2,1-3H3. The molecular formula is C20H29N3O4. The Balaban J connectivity index is 2.38. The van der Waals surface area contributed by atoms with Gasteiger partial charge in [0.15, 0.2) is 0 Å². The second kappa shape index (κ2) is 10.2. The average molecular weight is 375 g/mol. The Kier molecular flexibility index (Phi) is 7.94. The quantitative estimate of drug-likeness (QED) is 0.470. The van der Waals surface area contributed by atoms with E-state index in [0.29, 0.717) is 23.2 Å². The minimum absolute atomic E-state index is 0.118. The van der Waals surface area contributed by atoms with Crippen LogP contribution in [0.3, 0.4) is 0 Å². The van der Waals surface area contributed by atoms with E-state index in [-0.39, 0.29) is 11.2 Å². The lowest BCUT2D eigenvalue weighted by molar-refractivity contribution is -0.383. The minimum atomic E-state index is -0.754. The van der Waals surface area contributed by atoms with E-state index >= 15 is 0 Å². The number of aliphatic hydroxyl groups is 1. The largest absolute Gasteiger partial charge is 0.496 e. The van der Waals surface area contributed by atoms with Gasteiger partial charge in [-0.05, 0) is 43.6 Å². The molecule has 27 heavy (non-hydrogen) atoms. The number of rotatable bonds is 11. The zero-order chi connectivity index (χ0) is 19.8. The molecule has 1 unspecified atom stereocenters. The van der Waals surface area contributed by atoms with Gasteiger partial charge in [-0.25, -0.2) is 4.98 Å². The van der Waals surface area contributed by atoms with Gasteiger partial charge in [-0.15, -0.1) is 0 Å². The van der Waals surface area contributed by atoms with Crippen LogP contribution < -0.4 is 4.74 Å². The van der Waals surface area contributed by atoms with Crippen molar-refractivity contribution in [2.75, 3.05) is 26.7 Å². The topological polar surface area (TPSA) is 88.7 Å². The highest BCUT2D eigenvalue weighted by molar-refractivity contribution is 5.91. The van der Waals surface area contributed by atoms with E-state index < -0.39 is 11.0 Å². The number of unbranched alkanes of at least 4 members (excludes halogenated alkanes) is 2. The smallest absolute Gasteiger partial charge is 0.299 e. The van der Waals surface area contributed by atoms with Crippen molar-refractivity contribution >= 4 is 16.6 Å². The third-order valence-corrected chi connectivity index (χ3v) is 4.71. The normalized spacial score (nSPS) is 12.5. The molecule has 1 atom stereocenters. The molecule has 0 saturated carbocycles. The maximum atomic E-state index is 11.4. The van der Waals surface area contributed by atoms with Gasteiger partial charge in [0.05, 0.1) is 24.2 Å². The molecule has 7 heteroatoms. The summed E-state index contributed by atoms with van der Waals surface area (Å²) in [7, 11) is 1.47. The Labute approximate surface area is 160 Å². The molecule has 2 aromatic rings. The first-order chi connectivity index (χ1) is 13.0. The zero-order valence-corrected chi connectivity index (χ0v) is 16.4. The minimum Gasteiger partial charge on any atom is -0.496 e. The maximum absolute atomic E-state index is 11.4. The number of aromatic nitrogens is 1. The molecule has 1 heterocycles. The number of methoxy groups -OCH3 is 1. The number of non-ortho nitro benzene ring substituents is 1. The van der Waals surface area contributed by atoms with Crippen molar-refractivity contribution in [1.29, 1.82) is 0 Å². The van der Waals surface area contributed by atoms with Crippen LogP contribution >= 0.6 is 0 Å². The Bertz CT molecular complexity index is 758. The lowest BCUT2D eigenvalue weighted by Gasteiger charge is -2.25. The van der Waals surface area contributed by atoms with Gasteiger partial charge in [-0.1, -0.05) is 26.7 Å². The third-order valence-electron chi connectivity index (χ3n) is 4.71. The number of pyridine rings is 1. The van der Waals surface area contributed by atoms with Gasteiger partial charge < -0.3 is 14.7 Å². The lowest BCUT2D eigenvalue weighted by atomic mass is 10.0. The Hall–Kier alpha value is -2.25. The number of fused-ring (bicyclic) bond motifs is 1. The summed E-state index contributed by atoms with van der Waals surface area (Å²) in [6.45, 7) is 6.65.